The number of anilines is 1. The van der Waals surface area contributed by atoms with Crippen LogP contribution in [-0.4, -0.2) is 34.2 Å². The number of benzene rings is 1. The van der Waals surface area contributed by atoms with Gasteiger partial charge in [0.15, 0.2) is 0 Å². The van der Waals surface area contributed by atoms with E-state index < -0.39 is 30.4 Å². The van der Waals surface area contributed by atoms with E-state index in [2.05, 4.69) is 5.32 Å². The molecule has 4 N–H and O–H groups in total. The van der Waals surface area contributed by atoms with Gasteiger partial charge in [-0.2, -0.15) is 5.26 Å². The monoisotopic (exact) mass is 311 g/mol. The van der Waals surface area contributed by atoms with Gasteiger partial charge in [-0.3, -0.25) is 4.79 Å². The van der Waals surface area contributed by atoms with E-state index >= 15 is 0 Å². The SMILES string of the molecule is N#Cc1ccc(Cl)cc1NC(=O)N[C@@H](CC(=O)O)C(=O)O. The second kappa shape index (κ2) is 7.12. The molecule has 0 spiro atoms. The fourth-order valence-electron chi connectivity index (χ4n) is 1.41. The molecular formula is C12H10ClN3O5. The van der Waals surface area contributed by atoms with Gasteiger partial charge in [-0.15, -0.1) is 0 Å². The summed E-state index contributed by atoms with van der Waals surface area (Å²) in [5.41, 5.74) is 0.210. The van der Waals surface area contributed by atoms with Crippen LogP contribution < -0.4 is 10.6 Å². The van der Waals surface area contributed by atoms with E-state index in [0.29, 0.717) is 0 Å². The van der Waals surface area contributed by atoms with Gasteiger partial charge in [-0.25, -0.2) is 9.59 Å². The molecule has 0 saturated heterocycles. The molecule has 9 heteroatoms. The Balaban J connectivity index is 2.81. The first-order valence-electron chi connectivity index (χ1n) is 5.55. The highest BCUT2D eigenvalue weighted by atomic mass is 35.5. The molecule has 0 fully saturated rings. The minimum absolute atomic E-state index is 0.0852. The zero-order valence-corrected chi connectivity index (χ0v) is 11.2. The number of rotatable bonds is 5. The Bertz CT molecular complexity index is 626. The highest BCUT2D eigenvalue weighted by Crippen LogP contribution is 2.20. The fourth-order valence-corrected chi connectivity index (χ4v) is 1.58. The maximum atomic E-state index is 11.7. The lowest BCUT2D eigenvalue weighted by molar-refractivity contribution is -0.145. The third-order valence-corrected chi connectivity index (χ3v) is 2.57. The second-order valence-corrected chi connectivity index (χ2v) is 4.33. The molecule has 0 heterocycles. The van der Waals surface area contributed by atoms with Crippen LogP contribution in [0.1, 0.15) is 12.0 Å². The second-order valence-electron chi connectivity index (χ2n) is 3.89. The van der Waals surface area contributed by atoms with Crippen molar-refractivity contribution < 1.29 is 24.6 Å². The average Bonchev–Trinajstić information content (AvgIpc) is 2.37. The Kier molecular flexibility index (Phi) is 5.51. The topological polar surface area (TPSA) is 140 Å². The maximum absolute atomic E-state index is 11.7. The van der Waals surface area contributed by atoms with Crippen LogP contribution in [0.25, 0.3) is 0 Å². The first-order chi connectivity index (χ1) is 9.83. The number of carbonyl (C=O) groups is 3. The third-order valence-electron chi connectivity index (χ3n) is 2.33. The van der Waals surface area contributed by atoms with Crippen LogP contribution >= 0.6 is 11.6 Å². The number of nitriles is 1. The first kappa shape index (κ1) is 16.3. The molecular weight excluding hydrogens is 302 g/mol. The Hall–Kier alpha value is -2.79. The molecule has 21 heavy (non-hydrogen) atoms. The van der Waals surface area contributed by atoms with Crippen LogP contribution in [-0.2, 0) is 9.59 Å². The van der Waals surface area contributed by atoms with E-state index in [0.717, 1.165) is 0 Å². The quantitative estimate of drug-likeness (QED) is 0.645. The van der Waals surface area contributed by atoms with E-state index in [-0.39, 0.29) is 16.3 Å². The molecule has 2 amide bonds. The van der Waals surface area contributed by atoms with E-state index in [1.54, 1.807) is 0 Å². The number of carboxylic acids is 2. The Morgan fingerprint density at radius 1 is 1.33 bits per heavy atom. The number of hydrogen-bond acceptors (Lipinski definition) is 4. The van der Waals surface area contributed by atoms with Gasteiger partial charge in [0, 0.05) is 5.02 Å². The van der Waals surface area contributed by atoms with E-state index in [1.807, 2.05) is 11.4 Å². The van der Waals surface area contributed by atoms with Crippen molar-refractivity contribution in [1.82, 2.24) is 5.32 Å². The summed E-state index contributed by atoms with van der Waals surface area (Å²) in [7, 11) is 0. The first-order valence-corrected chi connectivity index (χ1v) is 5.93. The molecule has 1 aromatic rings. The molecule has 0 aliphatic heterocycles. The molecule has 0 radical (unpaired) electrons. The van der Waals surface area contributed by atoms with Gasteiger partial charge in [0.1, 0.15) is 12.1 Å². The van der Waals surface area contributed by atoms with Gasteiger partial charge in [-0.05, 0) is 18.2 Å². The smallest absolute Gasteiger partial charge is 0.326 e. The highest BCUT2D eigenvalue weighted by Gasteiger charge is 2.23. The lowest BCUT2D eigenvalue weighted by Crippen LogP contribution is -2.44. The molecule has 1 aromatic carbocycles. The average molecular weight is 312 g/mol. The van der Waals surface area contributed by atoms with Crippen LogP contribution in [0.15, 0.2) is 18.2 Å². The highest BCUT2D eigenvalue weighted by molar-refractivity contribution is 6.31. The summed E-state index contributed by atoms with van der Waals surface area (Å²) in [5, 5.41) is 30.7. The predicted octanol–water partition coefficient (Wildman–Crippen LogP) is 1.26. The summed E-state index contributed by atoms with van der Waals surface area (Å²) >= 11 is 5.73. The number of urea groups is 1. The van der Waals surface area contributed by atoms with Gasteiger partial charge in [0.25, 0.3) is 0 Å². The van der Waals surface area contributed by atoms with Crippen LogP contribution in [0.5, 0.6) is 0 Å². The number of aliphatic carboxylic acids is 2. The molecule has 8 nitrogen and oxygen atoms in total. The van der Waals surface area contributed by atoms with Crippen molar-refractivity contribution in [2.75, 3.05) is 5.32 Å². The summed E-state index contributed by atoms with van der Waals surface area (Å²) in [5.74, 6) is -2.86. The molecule has 0 unspecified atom stereocenters. The summed E-state index contributed by atoms with van der Waals surface area (Å²) < 4.78 is 0. The number of halogens is 1. The minimum Gasteiger partial charge on any atom is -0.481 e. The van der Waals surface area contributed by atoms with Crippen LogP contribution in [0.4, 0.5) is 10.5 Å². The van der Waals surface area contributed by atoms with Crippen molar-refractivity contribution >= 4 is 35.3 Å². The lowest BCUT2D eigenvalue weighted by Gasteiger charge is -2.14. The van der Waals surface area contributed by atoms with Crippen molar-refractivity contribution in [2.24, 2.45) is 0 Å². The van der Waals surface area contributed by atoms with Gasteiger partial charge in [0.05, 0.1) is 17.7 Å². The number of hydrogen-bond donors (Lipinski definition) is 4. The normalized spacial score (nSPS) is 11.0. The number of carbonyl (C=O) groups excluding carboxylic acids is 1. The fraction of sp³-hybridized carbons (Fsp3) is 0.167. The molecule has 0 saturated carbocycles. The number of carboxylic acid groups (broad SMARTS) is 2. The van der Waals surface area contributed by atoms with E-state index in [1.165, 1.54) is 18.2 Å². The number of nitrogens with zero attached hydrogens (tertiary/aromatic N) is 1. The van der Waals surface area contributed by atoms with Crippen molar-refractivity contribution in [3.8, 4) is 6.07 Å². The van der Waals surface area contributed by atoms with Crippen molar-refractivity contribution in [2.45, 2.75) is 12.5 Å². The molecule has 0 aliphatic rings. The summed E-state index contributed by atoms with van der Waals surface area (Å²) in [6.07, 6.45) is -0.774. The van der Waals surface area contributed by atoms with E-state index in [4.69, 9.17) is 27.1 Å². The maximum Gasteiger partial charge on any atom is 0.326 e. The lowest BCUT2D eigenvalue weighted by atomic mass is 10.2. The largest absolute Gasteiger partial charge is 0.481 e. The minimum atomic E-state index is -1.59. The van der Waals surface area contributed by atoms with Gasteiger partial charge in [0.2, 0.25) is 0 Å². The summed E-state index contributed by atoms with van der Waals surface area (Å²) in [6.45, 7) is 0. The zero-order valence-electron chi connectivity index (χ0n) is 10.5. The standard InChI is InChI=1S/C12H10ClN3O5/c13-7-2-1-6(5-14)8(3-7)15-12(21)16-9(11(19)20)4-10(17)18/h1-3,9H,4H2,(H,17,18)(H,19,20)(H2,15,16,21)/t9-/m0/s1. The van der Waals surface area contributed by atoms with Crippen LogP contribution in [0, 0.1) is 11.3 Å². The number of amides is 2. The van der Waals surface area contributed by atoms with Crippen molar-refractivity contribution in [3.63, 3.8) is 0 Å². The van der Waals surface area contributed by atoms with Crippen molar-refractivity contribution in [1.29, 1.82) is 5.26 Å². The molecule has 1 rings (SSSR count). The summed E-state index contributed by atoms with van der Waals surface area (Å²) in [4.78, 5) is 33.0. The molecule has 1 atom stereocenters. The molecule has 110 valence electrons. The molecule has 0 aromatic heterocycles. The summed E-state index contributed by atoms with van der Waals surface area (Å²) in [6, 6.07) is 3.42. The zero-order chi connectivity index (χ0) is 16.0. The van der Waals surface area contributed by atoms with Gasteiger partial charge < -0.3 is 20.8 Å². The van der Waals surface area contributed by atoms with Crippen LogP contribution in [0.2, 0.25) is 5.02 Å². The Morgan fingerprint density at radius 3 is 2.52 bits per heavy atom. The molecule has 0 bridgehead atoms. The van der Waals surface area contributed by atoms with Crippen molar-refractivity contribution in [3.05, 3.63) is 28.8 Å². The Labute approximate surface area is 123 Å². The van der Waals surface area contributed by atoms with Crippen LogP contribution in [0.3, 0.4) is 0 Å². The van der Waals surface area contributed by atoms with Gasteiger partial charge in [-0.1, -0.05) is 11.6 Å². The third kappa shape index (κ3) is 5.00. The van der Waals surface area contributed by atoms with Gasteiger partial charge >= 0.3 is 18.0 Å². The molecule has 0 aliphatic carbocycles. The Morgan fingerprint density at radius 2 is 2.00 bits per heavy atom. The van der Waals surface area contributed by atoms with E-state index in [9.17, 15) is 14.4 Å². The number of nitrogens with one attached hydrogen (secondary N) is 2. The predicted molar refractivity (Wildman–Crippen MR) is 72.0 cm³/mol.